The van der Waals surface area contributed by atoms with Gasteiger partial charge in [-0.1, -0.05) is 18.2 Å². The van der Waals surface area contributed by atoms with E-state index in [0.29, 0.717) is 16.8 Å². The molecule has 0 spiro atoms. The van der Waals surface area contributed by atoms with Gasteiger partial charge in [-0.15, -0.1) is 5.10 Å². The Morgan fingerprint density at radius 2 is 1.89 bits per heavy atom. The molecule has 192 valence electrons. The van der Waals surface area contributed by atoms with E-state index in [4.69, 9.17) is 0 Å². The molecule has 1 fully saturated rings. The average Bonchev–Trinajstić information content (AvgIpc) is 3.35. The van der Waals surface area contributed by atoms with E-state index in [-0.39, 0.29) is 30.1 Å². The Morgan fingerprint density at radius 3 is 2.66 bits per heavy atom. The van der Waals surface area contributed by atoms with Gasteiger partial charge in [-0.2, -0.15) is 4.98 Å². The van der Waals surface area contributed by atoms with Crippen molar-refractivity contribution in [3.8, 4) is 11.1 Å². The van der Waals surface area contributed by atoms with Crippen molar-refractivity contribution in [1.82, 2.24) is 24.5 Å². The second-order valence-electron chi connectivity index (χ2n) is 9.64. The molecular formula is C28H24F2N6O2. The molecule has 2 aromatic carbocycles. The summed E-state index contributed by atoms with van der Waals surface area (Å²) >= 11 is 0. The largest absolute Gasteiger partial charge is 0.350 e. The fraction of sp³-hybridized carbons (Fsp3) is 0.214. The van der Waals surface area contributed by atoms with Crippen LogP contribution in [0.1, 0.15) is 35.3 Å². The summed E-state index contributed by atoms with van der Waals surface area (Å²) < 4.78 is 30.2. The van der Waals surface area contributed by atoms with E-state index in [2.05, 4.69) is 20.7 Å². The number of alkyl halides is 1. The van der Waals surface area contributed by atoms with Gasteiger partial charge >= 0.3 is 0 Å². The third kappa shape index (κ3) is 4.38. The number of nitrogens with zero attached hydrogens (tertiary/aromatic N) is 4. The molecule has 6 rings (SSSR count). The number of rotatable bonds is 6. The molecule has 8 nitrogen and oxygen atoms in total. The van der Waals surface area contributed by atoms with Crippen LogP contribution in [0.4, 0.5) is 14.7 Å². The highest BCUT2D eigenvalue weighted by Crippen LogP contribution is 2.34. The molecule has 0 unspecified atom stereocenters. The summed E-state index contributed by atoms with van der Waals surface area (Å²) in [5.74, 6) is -1.53. The monoisotopic (exact) mass is 514 g/mol. The molecule has 0 radical (unpaired) electrons. The maximum atomic E-state index is 13.7. The number of halogens is 2. The number of amides is 2. The van der Waals surface area contributed by atoms with Crippen molar-refractivity contribution in [2.75, 3.05) is 5.32 Å². The summed E-state index contributed by atoms with van der Waals surface area (Å²) in [5.41, 5.74) is 4.30. The molecule has 5 aromatic rings. The Kier molecular flexibility index (Phi) is 5.67. The van der Waals surface area contributed by atoms with E-state index < -0.39 is 18.0 Å². The first kappa shape index (κ1) is 23.8. The van der Waals surface area contributed by atoms with Crippen molar-refractivity contribution in [3.63, 3.8) is 0 Å². The predicted octanol–water partition coefficient (Wildman–Crippen LogP) is 4.81. The quantitative estimate of drug-likeness (QED) is 0.340. The van der Waals surface area contributed by atoms with Gasteiger partial charge in [0.15, 0.2) is 5.65 Å². The fourth-order valence-corrected chi connectivity index (χ4v) is 4.64. The van der Waals surface area contributed by atoms with Gasteiger partial charge in [-0.05, 0) is 66.4 Å². The third-order valence-electron chi connectivity index (χ3n) is 6.89. The van der Waals surface area contributed by atoms with Gasteiger partial charge in [-0.25, -0.2) is 13.3 Å². The standard InChI is InChI=1S/C28H24F2N6O2/c1-15(16-4-3-5-19(29)10-16)31-27(38)22-14-35(2)24-7-6-17(11-20(22)24)18-8-9-36-25(12-18)32-28(34-36)33-26(37)21-13-23(21)30/h3-12,14-15,21,23H,13H2,1-2H3,(H,31,38)(H,33,34,37)/t15-,21+,23-/m0/s1. The van der Waals surface area contributed by atoms with Crippen LogP contribution < -0.4 is 10.6 Å². The van der Waals surface area contributed by atoms with Gasteiger partial charge in [0.05, 0.1) is 17.5 Å². The molecule has 1 saturated carbocycles. The number of nitrogens with one attached hydrogen (secondary N) is 2. The summed E-state index contributed by atoms with van der Waals surface area (Å²) in [7, 11) is 1.87. The van der Waals surface area contributed by atoms with Crippen LogP contribution in [0.25, 0.3) is 27.7 Å². The molecule has 0 aliphatic heterocycles. The fourth-order valence-electron chi connectivity index (χ4n) is 4.64. The van der Waals surface area contributed by atoms with Crippen molar-refractivity contribution >= 4 is 34.3 Å². The van der Waals surface area contributed by atoms with Crippen molar-refractivity contribution in [2.24, 2.45) is 13.0 Å². The van der Waals surface area contributed by atoms with Crippen LogP contribution in [-0.4, -0.2) is 37.2 Å². The summed E-state index contributed by atoms with van der Waals surface area (Å²) in [5, 5.41) is 10.5. The molecule has 1 aliphatic rings. The smallest absolute Gasteiger partial charge is 0.253 e. The van der Waals surface area contributed by atoms with Crippen LogP contribution in [0.2, 0.25) is 0 Å². The Labute approximate surface area is 216 Å². The zero-order valence-corrected chi connectivity index (χ0v) is 20.7. The molecule has 2 amide bonds. The Balaban J connectivity index is 1.28. The van der Waals surface area contributed by atoms with Crippen LogP contribution in [0.15, 0.2) is 67.0 Å². The Hall–Kier alpha value is -4.60. The van der Waals surface area contributed by atoms with Gasteiger partial charge in [0.1, 0.15) is 12.0 Å². The molecule has 3 heterocycles. The van der Waals surface area contributed by atoms with Crippen molar-refractivity contribution in [3.05, 3.63) is 83.9 Å². The summed E-state index contributed by atoms with van der Waals surface area (Å²) in [6, 6.07) is 15.3. The number of carbonyl (C=O) groups is 2. The molecule has 0 bridgehead atoms. The highest BCUT2D eigenvalue weighted by Gasteiger charge is 2.44. The minimum Gasteiger partial charge on any atom is -0.350 e. The van der Waals surface area contributed by atoms with E-state index >= 15 is 0 Å². The number of fused-ring (bicyclic) bond motifs is 2. The Bertz CT molecular complexity index is 1730. The Morgan fingerprint density at radius 1 is 1.11 bits per heavy atom. The minimum atomic E-state index is -1.09. The SMILES string of the molecule is C[C@H](NC(=O)c1cn(C)c2ccc(-c3ccn4nc(NC(=O)[C@@H]5C[C@@H]5F)nc4c3)cc12)c1cccc(F)c1. The van der Waals surface area contributed by atoms with Crippen LogP contribution in [0.3, 0.4) is 0 Å². The number of anilines is 1. The molecule has 3 atom stereocenters. The highest BCUT2D eigenvalue weighted by molar-refractivity contribution is 6.08. The van der Waals surface area contributed by atoms with Crippen molar-refractivity contribution < 1.29 is 18.4 Å². The van der Waals surface area contributed by atoms with Gasteiger partial charge in [-0.3, -0.25) is 14.9 Å². The zero-order chi connectivity index (χ0) is 26.6. The van der Waals surface area contributed by atoms with Crippen molar-refractivity contribution in [1.29, 1.82) is 0 Å². The number of aromatic nitrogens is 4. The summed E-state index contributed by atoms with van der Waals surface area (Å²) in [6.45, 7) is 1.81. The molecule has 1 aliphatic carbocycles. The molecule has 38 heavy (non-hydrogen) atoms. The maximum Gasteiger partial charge on any atom is 0.253 e. The first-order valence-corrected chi connectivity index (χ1v) is 12.2. The maximum absolute atomic E-state index is 13.7. The molecule has 10 heteroatoms. The second kappa shape index (κ2) is 9.05. The van der Waals surface area contributed by atoms with E-state index in [1.807, 2.05) is 48.9 Å². The molecule has 2 N–H and O–H groups in total. The van der Waals surface area contributed by atoms with Gasteiger partial charge in [0, 0.05) is 30.3 Å². The lowest BCUT2D eigenvalue weighted by molar-refractivity contribution is -0.117. The lowest BCUT2D eigenvalue weighted by Gasteiger charge is -2.14. The lowest BCUT2D eigenvalue weighted by Crippen LogP contribution is -2.26. The number of pyridine rings is 1. The number of hydrogen-bond donors (Lipinski definition) is 2. The summed E-state index contributed by atoms with van der Waals surface area (Å²) in [6.07, 6.45) is 2.64. The lowest BCUT2D eigenvalue weighted by atomic mass is 10.0. The number of aryl methyl sites for hydroxylation is 1. The topological polar surface area (TPSA) is 93.3 Å². The van der Waals surface area contributed by atoms with Crippen LogP contribution in [-0.2, 0) is 11.8 Å². The second-order valence-corrected chi connectivity index (χ2v) is 9.64. The third-order valence-corrected chi connectivity index (χ3v) is 6.89. The van der Waals surface area contributed by atoms with E-state index in [1.165, 1.54) is 16.6 Å². The van der Waals surface area contributed by atoms with Gasteiger partial charge in [0.2, 0.25) is 11.9 Å². The number of hydrogen-bond acceptors (Lipinski definition) is 4. The number of carbonyl (C=O) groups excluding carboxylic acids is 2. The molecule has 0 saturated heterocycles. The highest BCUT2D eigenvalue weighted by atomic mass is 19.1. The molecular weight excluding hydrogens is 490 g/mol. The summed E-state index contributed by atoms with van der Waals surface area (Å²) in [4.78, 5) is 29.6. The van der Waals surface area contributed by atoms with Gasteiger partial charge in [0.25, 0.3) is 5.91 Å². The van der Waals surface area contributed by atoms with Crippen LogP contribution in [0.5, 0.6) is 0 Å². The van der Waals surface area contributed by atoms with Crippen LogP contribution in [0, 0.1) is 11.7 Å². The van der Waals surface area contributed by atoms with Crippen molar-refractivity contribution in [2.45, 2.75) is 25.6 Å². The van der Waals surface area contributed by atoms with E-state index in [0.717, 1.165) is 22.0 Å². The van der Waals surface area contributed by atoms with E-state index in [1.54, 1.807) is 24.5 Å². The van der Waals surface area contributed by atoms with E-state index in [9.17, 15) is 18.4 Å². The minimum absolute atomic E-state index is 0.121. The van der Waals surface area contributed by atoms with Crippen LogP contribution >= 0.6 is 0 Å². The first-order valence-electron chi connectivity index (χ1n) is 12.2. The average molecular weight is 515 g/mol. The molecule has 3 aromatic heterocycles. The van der Waals surface area contributed by atoms with Gasteiger partial charge < -0.3 is 9.88 Å². The normalized spacial score (nSPS) is 17.5. The first-order chi connectivity index (χ1) is 18.3. The number of benzene rings is 2. The predicted molar refractivity (Wildman–Crippen MR) is 139 cm³/mol. The zero-order valence-electron chi connectivity index (χ0n) is 20.7.